The number of benzene rings is 1. The van der Waals surface area contributed by atoms with Crippen molar-refractivity contribution in [2.24, 2.45) is 0 Å². The lowest BCUT2D eigenvalue weighted by Gasteiger charge is -2.34. The molecule has 0 atom stereocenters. The standard InChI is InChI=1S/C21H27N5O2/c1-2-17-28-19-7-5-18(6-8-19)20(27)22-11-4-12-25-13-15-26(16-14-25)21-23-9-3-10-24-21/h2-3,5-10H,1,4,11-17H2,(H,22,27). The van der Waals surface area contributed by atoms with E-state index < -0.39 is 0 Å². The molecule has 0 saturated carbocycles. The van der Waals surface area contributed by atoms with Gasteiger partial charge in [0.15, 0.2) is 0 Å². The Morgan fingerprint density at radius 3 is 2.54 bits per heavy atom. The Morgan fingerprint density at radius 1 is 1.14 bits per heavy atom. The molecule has 0 bridgehead atoms. The summed E-state index contributed by atoms with van der Waals surface area (Å²) in [5, 5.41) is 2.98. The number of nitrogens with one attached hydrogen (secondary N) is 1. The van der Waals surface area contributed by atoms with Crippen molar-refractivity contribution in [2.45, 2.75) is 6.42 Å². The van der Waals surface area contributed by atoms with Crippen LogP contribution in [0, 0.1) is 0 Å². The van der Waals surface area contributed by atoms with Gasteiger partial charge in [-0.05, 0) is 43.3 Å². The Labute approximate surface area is 166 Å². The molecule has 0 radical (unpaired) electrons. The van der Waals surface area contributed by atoms with Gasteiger partial charge in [0.05, 0.1) is 0 Å². The SMILES string of the molecule is C=CCOc1ccc(C(=O)NCCCN2CCN(c3ncccn3)CC2)cc1. The molecule has 0 aliphatic carbocycles. The van der Waals surface area contributed by atoms with Gasteiger partial charge in [-0.2, -0.15) is 0 Å². The smallest absolute Gasteiger partial charge is 0.251 e. The highest BCUT2D eigenvalue weighted by atomic mass is 16.5. The second-order valence-electron chi connectivity index (χ2n) is 6.61. The second kappa shape index (κ2) is 10.4. The minimum atomic E-state index is -0.0543. The molecule has 1 N–H and O–H groups in total. The fourth-order valence-electron chi connectivity index (χ4n) is 3.09. The highest BCUT2D eigenvalue weighted by molar-refractivity contribution is 5.94. The Hall–Kier alpha value is -2.93. The van der Waals surface area contributed by atoms with E-state index in [2.05, 4.69) is 31.7 Å². The van der Waals surface area contributed by atoms with Crippen molar-refractivity contribution in [3.8, 4) is 5.75 Å². The van der Waals surface area contributed by atoms with E-state index >= 15 is 0 Å². The van der Waals surface area contributed by atoms with Gasteiger partial charge < -0.3 is 15.0 Å². The summed E-state index contributed by atoms with van der Waals surface area (Å²) in [5.74, 6) is 1.48. The Bertz CT molecular complexity index is 743. The van der Waals surface area contributed by atoms with Crippen molar-refractivity contribution in [1.82, 2.24) is 20.2 Å². The van der Waals surface area contributed by atoms with Gasteiger partial charge in [-0.3, -0.25) is 9.69 Å². The lowest BCUT2D eigenvalue weighted by atomic mass is 10.2. The van der Waals surface area contributed by atoms with Crippen LogP contribution >= 0.6 is 0 Å². The Kier molecular flexibility index (Phi) is 7.37. The zero-order chi connectivity index (χ0) is 19.6. The summed E-state index contributed by atoms with van der Waals surface area (Å²) in [7, 11) is 0. The highest BCUT2D eigenvalue weighted by Crippen LogP contribution is 2.12. The third-order valence-electron chi connectivity index (χ3n) is 4.63. The van der Waals surface area contributed by atoms with Gasteiger partial charge in [0.2, 0.25) is 5.95 Å². The van der Waals surface area contributed by atoms with E-state index in [9.17, 15) is 4.79 Å². The van der Waals surface area contributed by atoms with Gasteiger partial charge >= 0.3 is 0 Å². The lowest BCUT2D eigenvalue weighted by molar-refractivity contribution is 0.0951. The first-order chi connectivity index (χ1) is 13.8. The average Bonchev–Trinajstić information content (AvgIpc) is 2.76. The van der Waals surface area contributed by atoms with E-state index in [-0.39, 0.29) is 5.91 Å². The normalized spacial score (nSPS) is 14.5. The summed E-state index contributed by atoms with van der Waals surface area (Å²) >= 11 is 0. The number of hydrogen-bond donors (Lipinski definition) is 1. The van der Waals surface area contributed by atoms with Crippen LogP contribution in [0.5, 0.6) is 5.75 Å². The molecule has 1 aromatic heterocycles. The third-order valence-corrected chi connectivity index (χ3v) is 4.63. The van der Waals surface area contributed by atoms with Crippen LogP contribution in [0.25, 0.3) is 0 Å². The number of anilines is 1. The average molecular weight is 381 g/mol. The molecule has 2 aromatic rings. The summed E-state index contributed by atoms with van der Waals surface area (Å²) in [6, 6.07) is 8.99. The molecule has 7 nitrogen and oxygen atoms in total. The summed E-state index contributed by atoms with van der Waals surface area (Å²) in [5.41, 5.74) is 0.641. The van der Waals surface area contributed by atoms with Crippen LogP contribution in [0.15, 0.2) is 55.4 Å². The molecule has 1 saturated heterocycles. The number of carbonyl (C=O) groups excluding carboxylic acids is 1. The summed E-state index contributed by atoms with van der Waals surface area (Å²) in [6.07, 6.45) is 6.17. The van der Waals surface area contributed by atoms with Crippen molar-refractivity contribution in [3.05, 3.63) is 60.9 Å². The summed E-state index contributed by atoms with van der Waals surface area (Å²) in [6.45, 7) is 9.53. The van der Waals surface area contributed by atoms with Crippen molar-refractivity contribution in [2.75, 3.05) is 50.8 Å². The van der Waals surface area contributed by atoms with Crippen LogP contribution in [-0.4, -0.2) is 66.7 Å². The molecule has 1 amide bonds. The molecule has 3 rings (SSSR count). The van der Waals surface area contributed by atoms with Gasteiger partial charge in [-0.1, -0.05) is 12.7 Å². The highest BCUT2D eigenvalue weighted by Gasteiger charge is 2.18. The summed E-state index contributed by atoms with van der Waals surface area (Å²) in [4.78, 5) is 25.5. The number of hydrogen-bond acceptors (Lipinski definition) is 6. The van der Waals surface area contributed by atoms with Crippen LogP contribution < -0.4 is 15.0 Å². The maximum atomic E-state index is 12.2. The molecule has 28 heavy (non-hydrogen) atoms. The maximum Gasteiger partial charge on any atom is 0.251 e. The molecule has 1 aromatic carbocycles. The third kappa shape index (κ3) is 5.79. The predicted molar refractivity (Wildman–Crippen MR) is 110 cm³/mol. The molecule has 148 valence electrons. The molecule has 2 heterocycles. The van der Waals surface area contributed by atoms with Crippen molar-refractivity contribution < 1.29 is 9.53 Å². The fraction of sp³-hybridized carbons (Fsp3) is 0.381. The number of piperazine rings is 1. The second-order valence-corrected chi connectivity index (χ2v) is 6.61. The Balaban J connectivity index is 1.32. The van der Waals surface area contributed by atoms with Gasteiger partial charge in [0.25, 0.3) is 5.91 Å². The molecule has 0 spiro atoms. The first kappa shape index (κ1) is 19.8. The van der Waals surface area contributed by atoms with E-state index in [4.69, 9.17) is 4.74 Å². The van der Waals surface area contributed by atoms with Crippen LogP contribution in [0.3, 0.4) is 0 Å². The van der Waals surface area contributed by atoms with E-state index in [1.807, 2.05) is 6.07 Å². The first-order valence-electron chi connectivity index (χ1n) is 9.62. The lowest BCUT2D eigenvalue weighted by Crippen LogP contribution is -2.47. The molecular weight excluding hydrogens is 354 g/mol. The number of amides is 1. The Morgan fingerprint density at radius 2 is 1.86 bits per heavy atom. The van der Waals surface area contributed by atoms with Gasteiger partial charge in [0.1, 0.15) is 12.4 Å². The molecule has 7 heteroatoms. The van der Waals surface area contributed by atoms with E-state index in [0.717, 1.165) is 50.8 Å². The number of ether oxygens (including phenoxy) is 1. The topological polar surface area (TPSA) is 70.6 Å². The van der Waals surface area contributed by atoms with Gasteiger partial charge in [-0.15, -0.1) is 0 Å². The van der Waals surface area contributed by atoms with E-state index in [1.54, 1.807) is 42.7 Å². The summed E-state index contributed by atoms with van der Waals surface area (Å²) < 4.78 is 5.42. The monoisotopic (exact) mass is 381 g/mol. The van der Waals surface area contributed by atoms with Gasteiger partial charge in [-0.25, -0.2) is 9.97 Å². The van der Waals surface area contributed by atoms with Gasteiger partial charge in [0, 0.05) is 50.7 Å². The van der Waals surface area contributed by atoms with Crippen LogP contribution in [-0.2, 0) is 0 Å². The number of aromatic nitrogens is 2. The predicted octanol–water partition coefficient (Wildman–Crippen LogP) is 1.98. The number of carbonyl (C=O) groups is 1. The quantitative estimate of drug-likeness (QED) is 0.529. The molecule has 1 fully saturated rings. The minimum absolute atomic E-state index is 0.0543. The molecular formula is C21H27N5O2. The minimum Gasteiger partial charge on any atom is -0.490 e. The van der Waals surface area contributed by atoms with Crippen LogP contribution in [0.4, 0.5) is 5.95 Å². The van der Waals surface area contributed by atoms with Crippen LogP contribution in [0.2, 0.25) is 0 Å². The van der Waals surface area contributed by atoms with Crippen LogP contribution in [0.1, 0.15) is 16.8 Å². The molecule has 1 aliphatic heterocycles. The zero-order valence-corrected chi connectivity index (χ0v) is 16.1. The van der Waals surface area contributed by atoms with E-state index in [0.29, 0.717) is 18.7 Å². The maximum absolute atomic E-state index is 12.2. The van der Waals surface area contributed by atoms with Crippen molar-refractivity contribution in [3.63, 3.8) is 0 Å². The van der Waals surface area contributed by atoms with Crippen molar-refractivity contribution >= 4 is 11.9 Å². The zero-order valence-electron chi connectivity index (χ0n) is 16.1. The fourth-order valence-corrected chi connectivity index (χ4v) is 3.09. The first-order valence-corrected chi connectivity index (χ1v) is 9.62. The molecule has 1 aliphatic rings. The largest absolute Gasteiger partial charge is 0.490 e. The number of nitrogens with zero attached hydrogens (tertiary/aromatic N) is 4. The molecule has 0 unspecified atom stereocenters. The van der Waals surface area contributed by atoms with E-state index in [1.165, 1.54) is 0 Å². The number of rotatable bonds is 9. The van der Waals surface area contributed by atoms with Crippen molar-refractivity contribution in [1.29, 1.82) is 0 Å².